The molecule has 25 heavy (non-hydrogen) atoms. The molecular formula is C19H33Cl2N3O. The van der Waals surface area contributed by atoms with Crippen molar-refractivity contribution in [3.05, 3.63) is 29.8 Å². The van der Waals surface area contributed by atoms with Gasteiger partial charge in [0.05, 0.1) is 0 Å². The lowest BCUT2D eigenvalue weighted by Gasteiger charge is -2.38. The third kappa shape index (κ3) is 6.36. The first-order valence-electron chi connectivity index (χ1n) is 8.74. The van der Waals surface area contributed by atoms with E-state index in [4.69, 9.17) is 5.73 Å². The number of rotatable bonds is 5. The van der Waals surface area contributed by atoms with Gasteiger partial charge in [-0.3, -0.25) is 4.79 Å². The highest BCUT2D eigenvalue weighted by atomic mass is 35.5. The van der Waals surface area contributed by atoms with E-state index in [2.05, 4.69) is 32.7 Å². The SMILES string of the molecule is CC(C)CN(C)c1ccc(C(=O)N2CCC(C)CC2CN)cc1.Cl.Cl. The van der Waals surface area contributed by atoms with Crippen LogP contribution in [0, 0.1) is 11.8 Å². The maximum Gasteiger partial charge on any atom is 0.254 e. The first-order valence-corrected chi connectivity index (χ1v) is 8.74. The zero-order valence-corrected chi connectivity index (χ0v) is 17.4. The fourth-order valence-electron chi connectivity index (χ4n) is 3.42. The Balaban J connectivity index is 0.00000288. The fourth-order valence-corrected chi connectivity index (χ4v) is 3.42. The highest BCUT2D eigenvalue weighted by molar-refractivity contribution is 5.94. The van der Waals surface area contributed by atoms with E-state index in [1.165, 1.54) is 0 Å². The minimum atomic E-state index is 0. The third-order valence-corrected chi connectivity index (χ3v) is 4.70. The normalized spacial score (nSPS) is 19.8. The Labute approximate surface area is 164 Å². The number of nitrogens with zero attached hydrogens (tertiary/aromatic N) is 2. The molecule has 2 unspecified atom stereocenters. The van der Waals surface area contributed by atoms with Crippen LogP contribution in [0.15, 0.2) is 24.3 Å². The smallest absolute Gasteiger partial charge is 0.254 e. The molecule has 1 heterocycles. The largest absolute Gasteiger partial charge is 0.374 e. The van der Waals surface area contributed by atoms with Crippen molar-refractivity contribution in [1.82, 2.24) is 4.90 Å². The van der Waals surface area contributed by atoms with Crippen molar-refractivity contribution in [3.63, 3.8) is 0 Å². The summed E-state index contributed by atoms with van der Waals surface area (Å²) in [6, 6.07) is 8.15. The van der Waals surface area contributed by atoms with Gasteiger partial charge in [0.2, 0.25) is 0 Å². The number of likely N-dealkylation sites (tertiary alicyclic amines) is 1. The highest BCUT2D eigenvalue weighted by Gasteiger charge is 2.29. The van der Waals surface area contributed by atoms with Crippen LogP contribution in [0.5, 0.6) is 0 Å². The molecule has 2 N–H and O–H groups in total. The molecule has 1 aliphatic heterocycles. The van der Waals surface area contributed by atoms with Crippen molar-refractivity contribution in [3.8, 4) is 0 Å². The summed E-state index contributed by atoms with van der Waals surface area (Å²) in [4.78, 5) is 17.0. The first kappa shape index (κ1) is 24.0. The van der Waals surface area contributed by atoms with Crippen molar-refractivity contribution in [2.75, 3.05) is 31.6 Å². The molecule has 2 atom stereocenters. The third-order valence-electron chi connectivity index (χ3n) is 4.70. The van der Waals surface area contributed by atoms with E-state index in [-0.39, 0.29) is 36.8 Å². The van der Waals surface area contributed by atoms with Crippen LogP contribution in [0.25, 0.3) is 0 Å². The Hall–Kier alpha value is -0.970. The molecule has 0 bridgehead atoms. The van der Waals surface area contributed by atoms with Crippen molar-refractivity contribution in [2.24, 2.45) is 17.6 Å². The molecule has 0 aromatic heterocycles. The Morgan fingerprint density at radius 2 is 1.88 bits per heavy atom. The van der Waals surface area contributed by atoms with Gasteiger partial charge in [-0.2, -0.15) is 0 Å². The second-order valence-corrected chi connectivity index (χ2v) is 7.34. The lowest BCUT2D eigenvalue weighted by atomic mass is 9.92. The molecule has 0 radical (unpaired) electrons. The second-order valence-electron chi connectivity index (χ2n) is 7.34. The average molecular weight is 390 g/mol. The summed E-state index contributed by atoms with van der Waals surface area (Å²) >= 11 is 0. The molecule has 2 rings (SSSR count). The van der Waals surface area contributed by atoms with Crippen LogP contribution >= 0.6 is 24.8 Å². The molecule has 4 nitrogen and oxygen atoms in total. The van der Waals surface area contributed by atoms with Crippen LogP contribution in [0.4, 0.5) is 5.69 Å². The zero-order chi connectivity index (χ0) is 17.0. The number of benzene rings is 1. The van der Waals surface area contributed by atoms with E-state index < -0.39 is 0 Å². The molecule has 1 aromatic rings. The number of anilines is 1. The molecule has 1 amide bonds. The predicted molar refractivity (Wildman–Crippen MR) is 111 cm³/mol. The minimum Gasteiger partial charge on any atom is -0.374 e. The van der Waals surface area contributed by atoms with Crippen molar-refractivity contribution in [2.45, 2.75) is 39.7 Å². The van der Waals surface area contributed by atoms with Gasteiger partial charge in [-0.05, 0) is 48.9 Å². The highest BCUT2D eigenvalue weighted by Crippen LogP contribution is 2.24. The van der Waals surface area contributed by atoms with Gasteiger partial charge >= 0.3 is 0 Å². The Morgan fingerprint density at radius 1 is 1.28 bits per heavy atom. The Kier molecular flexibility index (Phi) is 10.5. The van der Waals surface area contributed by atoms with Gasteiger partial charge in [-0.25, -0.2) is 0 Å². The number of amides is 1. The average Bonchev–Trinajstić information content (AvgIpc) is 2.53. The van der Waals surface area contributed by atoms with E-state index in [9.17, 15) is 4.79 Å². The maximum atomic E-state index is 12.8. The van der Waals surface area contributed by atoms with E-state index in [0.717, 1.165) is 37.2 Å². The molecule has 1 saturated heterocycles. The molecule has 1 fully saturated rings. The van der Waals surface area contributed by atoms with Gasteiger partial charge in [0.1, 0.15) is 0 Å². The van der Waals surface area contributed by atoms with Gasteiger partial charge in [-0.1, -0.05) is 20.8 Å². The standard InChI is InChI=1S/C19H31N3O.2ClH/c1-14(2)13-21(4)17-7-5-16(6-8-17)19(23)22-10-9-15(3)11-18(22)12-20;;/h5-8,14-15,18H,9-13,20H2,1-4H3;2*1H. The fraction of sp³-hybridized carbons (Fsp3) is 0.632. The summed E-state index contributed by atoms with van der Waals surface area (Å²) in [5.74, 6) is 1.38. The molecule has 0 aliphatic carbocycles. The molecule has 6 heteroatoms. The molecule has 144 valence electrons. The lowest BCUT2D eigenvalue weighted by molar-refractivity contribution is 0.0573. The minimum absolute atomic E-state index is 0. The van der Waals surface area contributed by atoms with Gasteiger partial charge < -0.3 is 15.5 Å². The monoisotopic (exact) mass is 389 g/mol. The number of hydrogen-bond acceptors (Lipinski definition) is 3. The van der Waals surface area contributed by atoms with Gasteiger partial charge in [0.15, 0.2) is 0 Å². The summed E-state index contributed by atoms with van der Waals surface area (Å²) in [6.45, 7) is 9.02. The van der Waals surface area contributed by atoms with Crippen LogP contribution in [0.2, 0.25) is 0 Å². The Bertz CT molecular complexity index is 522. The van der Waals surface area contributed by atoms with Crippen molar-refractivity contribution >= 4 is 36.4 Å². The zero-order valence-electron chi connectivity index (χ0n) is 15.8. The van der Waals surface area contributed by atoms with Gasteiger partial charge in [0.25, 0.3) is 5.91 Å². The van der Waals surface area contributed by atoms with Crippen LogP contribution in [-0.2, 0) is 0 Å². The van der Waals surface area contributed by atoms with Crippen LogP contribution in [-0.4, -0.2) is 43.5 Å². The maximum absolute atomic E-state index is 12.8. The molecule has 0 saturated carbocycles. The first-order chi connectivity index (χ1) is 10.9. The van der Waals surface area contributed by atoms with Crippen LogP contribution in [0.1, 0.15) is 44.0 Å². The van der Waals surface area contributed by atoms with E-state index in [1.807, 2.05) is 29.2 Å². The number of carbonyl (C=O) groups is 1. The molecule has 1 aliphatic rings. The van der Waals surface area contributed by atoms with E-state index >= 15 is 0 Å². The van der Waals surface area contributed by atoms with Crippen LogP contribution in [0.3, 0.4) is 0 Å². The second kappa shape index (κ2) is 10.9. The van der Waals surface area contributed by atoms with E-state index in [0.29, 0.717) is 18.4 Å². The van der Waals surface area contributed by atoms with Crippen LogP contribution < -0.4 is 10.6 Å². The van der Waals surface area contributed by atoms with Crippen molar-refractivity contribution in [1.29, 1.82) is 0 Å². The quantitative estimate of drug-likeness (QED) is 0.832. The number of hydrogen-bond donors (Lipinski definition) is 1. The molecule has 0 spiro atoms. The summed E-state index contributed by atoms with van der Waals surface area (Å²) in [6.07, 6.45) is 2.08. The summed E-state index contributed by atoms with van der Waals surface area (Å²) < 4.78 is 0. The number of nitrogens with two attached hydrogens (primary N) is 1. The predicted octanol–water partition coefficient (Wildman–Crippen LogP) is 3.82. The summed E-state index contributed by atoms with van der Waals surface area (Å²) in [7, 11) is 2.09. The van der Waals surface area contributed by atoms with E-state index in [1.54, 1.807) is 0 Å². The summed E-state index contributed by atoms with van der Waals surface area (Å²) in [5.41, 5.74) is 7.80. The lowest BCUT2D eigenvalue weighted by Crippen LogP contribution is -2.49. The summed E-state index contributed by atoms with van der Waals surface area (Å²) in [5, 5.41) is 0. The molecule has 1 aromatic carbocycles. The van der Waals surface area contributed by atoms with Gasteiger partial charge in [-0.15, -0.1) is 24.8 Å². The number of halogens is 2. The molecular weight excluding hydrogens is 357 g/mol. The number of carbonyl (C=O) groups excluding carboxylic acids is 1. The number of piperidine rings is 1. The van der Waals surface area contributed by atoms with Crippen molar-refractivity contribution < 1.29 is 4.79 Å². The van der Waals surface area contributed by atoms with Gasteiger partial charge in [0, 0.05) is 44.0 Å². The Morgan fingerprint density at radius 3 is 2.40 bits per heavy atom. The topological polar surface area (TPSA) is 49.6 Å².